The summed E-state index contributed by atoms with van der Waals surface area (Å²) in [6, 6.07) is 13.2. The van der Waals surface area contributed by atoms with Crippen molar-refractivity contribution in [1.29, 1.82) is 0 Å². The van der Waals surface area contributed by atoms with Crippen molar-refractivity contribution >= 4 is 21.7 Å². The maximum absolute atomic E-state index is 12.6. The van der Waals surface area contributed by atoms with Crippen LogP contribution in [0.5, 0.6) is 5.75 Å². The van der Waals surface area contributed by atoms with Gasteiger partial charge in [-0.25, -0.2) is 8.42 Å². The minimum Gasteiger partial charge on any atom is -0.497 e. The van der Waals surface area contributed by atoms with Crippen LogP contribution in [0, 0.1) is 6.92 Å². The molecule has 0 aromatic heterocycles. The van der Waals surface area contributed by atoms with Crippen molar-refractivity contribution in [3.63, 3.8) is 0 Å². The number of benzene rings is 2. The molecule has 0 aliphatic carbocycles. The predicted molar refractivity (Wildman–Crippen MR) is 112 cm³/mol. The molecule has 2 rings (SSSR count). The summed E-state index contributed by atoms with van der Waals surface area (Å²) < 4.78 is 28.2. The summed E-state index contributed by atoms with van der Waals surface area (Å²) in [5.74, 6) is -0.365. The van der Waals surface area contributed by atoms with E-state index in [2.05, 4.69) is 10.6 Å². The average molecular weight is 419 g/mol. The number of hydrogen-bond acceptors (Lipinski definition) is 5. The average Bonchev–Trinajstić information content (AvgIpc) is 2.68. The summed E-state index contributed by atoms with van der Waals surface area (Å²) >= 11 is 0. The number of rotatable bonds is 9. The van der Waals surface area contributed by atoms with Gasteiger partial charge in [-0.05, 0) is 43.2 Å². The fourth-order valence-corrected chi connectivity index (χ4v) is 3.35. The van der Waals surface area contributed by atoms with Crippen molar-refractivity contribution in [3.8, 4) is 5.75 Å². The Morgan fingerprint density at radius 2 is 1.79 bits per heavy atom. The Balaban J connectivity index is 2.06. The first-order chi connectivity index (χ1) is 13.7. The molecule has 2 N–H and O–H groups in total. The molecule has 0 fully saturated rings. The first-order valence-electron chi connectivity index (χ1n) is 9.14. The summed E-state index contributed by atoms with van der Waals surface area (Å²) in [6.07, 6.45) is 1.09. The lowest BCUT2D eigenvalue weighted by Crippen LogP contribution is -2.47. The third-order valence-electron chi connectivity index (χ3n) is 4.31. The molecule has 0 spiro atoms. The predicted octanol–water partition coefficient (Wildman–Crippen LogP) is 1.85. The Hall–Kier alpha value is -2.87. The van der Waals surface area contributed by atoms with E-state index in [1.54, 1.807) is 37.4 Å². The lowest BCUT2D eigenvalue weighted by Gasteiger charge is -2.18. The van der Waals surface area contributed by atoms with Crippen LogP contribution < -0.4 is 15.4 Å². The van der Waals surface area contributed by atoms with Crippen LogP contribution in [-0.2, 0) is 21.2 Å². The second-order valence-electron chi connectivity index (χ2n) is 6.88. The Morgan fingerprint density at radius 3 is 2.38 bits per heavy atom. The van der Waals surface area contributed by atoms with Crippen LogP contribution >= 0.6 is 0 Å². The van der Waals surface area contributed by atoms with Crippen molar-refractivity contribution in [2.45, 2.75) is 25.9 Å². The number of methoxy groups -OCH3 is 1. The molecule has 1 atom stereocenters. The zero-order valence-electron chi connectivity index (χ0n) is 16.8. The fourth-order valence-electron chi connectivity index (χ4n) is 2.68. The van der Waals surface area contributed by atoms with Gasteiger partial charge in [-0.1, -0.05) is 29.8 Å². The van der Waals surface area contributed by atoms with E-state index >= 15 is 0 Å². The van der Waals surface area contributed by atoms with Crippen LogP contribution in [0.25, 0.3) is 0 Å². The highest BCUT2D eigenvalue weighted by atomic mass is 32.2. The Labute approximate surface area is 171 Å². The molecule has 0 aliphatic heterocycles. The Bertz CT molecular complexity index is 955. The summed E-state index contributed by atoms with van der Waals surface area (Å²) in [7, 11) is -1.71. The minimum absolute atomic E-state index is 0.00909. The van der Waals surface area contributed by atoms with Crippen LogP contribution in [0.3, 0.4) is 0 Å². The molecule has 0 bridgehead atoms. The SMILES string of the molecule is COc1ccc(CNC(=O)[C@H](CCS(C)(=O)=O)NC(=O)c2cccc(C)c2)cc1. The summed E-state index contributed by atoms with van der Waals surface area (Å²) in [6.45, 7) is 2.11. The minimum atomic E-state index is -3.28. The van der Waals surface area contributed by atoms with Crippen molar-refractivity contribution in [3.05, 3.63) is 65.2 Å². The molecule has 0 saturated heterocycles. The molecule has 29 heavy (non-hydrogen) atoms. The topological polar surface area (TPSA) is 102 Å². The summed E-state index contributed by atoms with van der Waals surface area (Å²) in [5, 5.41) is 5.40. The number of hydrogen-bond donors (Lipinski definition) is 2. The summed E-state index contributed by atoms with van der Waals surface area (Å²) in [5.41, 5.74) is 2.18. The van der Waals surface area contributed by atoms with E-state index < -0.39 is 27.7 Å². The van der Waals surface area contributed by atoms with Crippen LogP contribution in [0.2, 0.25) is 0 Å². The van der Waals surface area contributed by atoms with Gasteiger partial charge in [0.2, 0.25) is 5.91 Å². The third kappa shape index (κ3) is 7.57. The Kier molecular flexibility index (Phi) is 7.78. The van der Waals surface area contributed by atoms with Crippen LogP contribution in [0.15, 0.2) is 48.5 Å². The largest absolute Gasteiger partial charge is 0.497 e. The van der Waals surface area contributed by atoms with E-state index in [1.165, 1.54) is 0 Å². The third-order valence-corrected chi connectivity index (χ3v) is 5.28. The number of carbonyl (C=O) groups excluding carboxylic acids is 2. The van der Waals surface area contributed by atoms with E-state index in [9.17, 15) is 18.0 Å². The zero-order chi connectivity index (χ0) is 21.4. The van der Waals surface area contributed by atoms with Gasteiger partial charge in [-0.3, -0.25) is 9.59 Å². The normalized spacial score (nSPS) is 12.1. The van der Waals surface area contributed by atoms with Gasteiger partial charge in [0.1, 0.15) is 21.6 Å². The molecule has 0 heterocycles. The highest BCUT2D eigenvalue weighted by Crippen LogP contribution is 2.11. The van der Waals surface area contributed by atoms with Crippen molar-refractivity contribution in [2.24, 2.45) is 0 Å². The lowest BCUT2D eigenvalue weighted by molar-refractivity contribution is -0.123. The first kappa shape index (κ1) is 22.4. The standard InChI is InChI=1S/C21H26N2O5S/c1-15-5-4-6-17(13-15)20(24)23-19(11-12-29(3,26)27)21(25)22-14-16-7-9-18(28-2)10-8-16/h4-10,13,19H,11-12,14H2,1-3H3,(H,22,25)(H,23,24)/t19-/m0/s1. The second kappa shape index (κ2) is 10.1. The molecule has 0 saturated carbocycles. The van der Waals surface area contributed by atoms with E-state index in [4.69, 9.17) is 4.74 Å². The molecule has 7 nitrogen and oxygen atoms in total. The number of aryl methyl sites for hydroxylation is 1. The number of amides is 2. The van der Waals surface area contributed by atoms with Crippen LogP contribution in [0.1, 0.15) is 27.9 Å². The number of ether oxygens (including phenoxy) is 1. The first-order valence-corrected chi connectivity index (χ1v) is 11.2. The quantitative estimate of drug-likeness (QED) is 0.647. The van der Waals surface area contributed by atoms with E-state index in [-0.39, 0.29) is 18.7 Å². The molecule has 0 aliphatic rings. The van der Waals surface area contributed by atoms with Crippen molar-refractivity contribution in [2.75, 3.05) is 19.1 Å². The van der Waals surface area contributed by atoms with Gasteiger partial charge in [0.25, 0.3) is 5.91 Å². The van der Waals surface area contributed by atoms with Gasteiger partial charge >= 0.3 is 0 Å². The highest BCUT2D eigenvalue weighted by molar-refractivity contribution is 7.90. The van der Waals surface area contributed by atoms with Gasteiger partial charge in [0, 0.05) is 18.4 Å². The van der Waals surface area contributed by atoms with Gasteiger partial charge in [-0.2, -0.15) is 0 Å². The maximum Gasteiger partial charge on any atom is 0.251 e. The van der Waals surface area contributed by atoms with Crippen molar-refractivity contribution in [1.82, 2.24) is 10.6 Å². The van der Waals surface area contributed by atoms with Gasteiger partial charge in [0.05, 0.1) is 12.9 Å². The lowest BCUT2D eigenvalue weighted by atomic mass is 10.1. The Morgan fingerprint density at radius 1 is 1.10 bits per heavy atom. The van der Waals surface area contributed by atoms with Gasteiger partial charge in [-0.15, -0.1) is 0 Å². The highest BCUT2D eigenvalue weighted by Gasteiger charge is 2.23. The number of sulfone groups is 1. The zero-order valence-corrected chi connectivity index (χ0v) is 17.6. The molecule has 2 aromatic carbocycles. The smallest absolute Gasteiger partial charge is 0.251 e. The second-order valence-corrected chi connectivity index (χ2v) is 9.14. The molecular formula is C21H26N2O5S. The van der Waals surface area contributed by atoms with E-state index in [0.29, 0.717) is 11.3 Å². The van der Waals surface area contributed by atoms with Crippen molar-refractivity contribution < 1.29 is 22.7 Å². The van der Waals surface area contributed by atoms with Gasteiger partial charge in [0.15, 0.2) is 0 Å². The maximum atomic E-state index is 12.6. The van der Waals surface area contributed by atoms with E-state index in [1.807, 2.05) is 25.1 Å². The monoisotopic (exact) mass is 418 g/mol. The summed E-state index contributed by atoms with van der Waals surface area (Å²) in [4.78, 5) is 25.2. The number of nitrogens with one attached hydrogen (secondary N) is 2. The molecule has 0 radical (unpaired) electrons. The van der Waals surface area contributed by atoms with E-state index in [0.717, 1.165) is 17.4 Å². The molecule has 2 aromatic rings. The fraction of sp³-hybridized carbons (Fsp3) is 0.333. The number of carbonyl (C=O) groups is 2. The van der Waals surface area contributed by atoms with Crippen LogP contribution in [-0.4, -0.2) is 45.4 Å². The molecular weight excluding hydrogens is 392 g/mol. The molecule has 2 amide bonds. The molecule has 0 unspecified atom stereocenters. The molecule has 8 heteroatoms. The van der Waals surface area contributed by atoms with Crippen LogP contribution in [0.4, 0.5) is 0 Å². The molecule has 156 valence electrons. The van der Waals surface area contributed by atoms with Gasteiger partial charge < -0.3 is 15.4 Å².